The number of hydrogen-bond donors (Lipinski definition) is 0. The Labute approximate surface area is 176 Å². The van der Waals surface area contributed by atoms with Crippen molar-refractivity contribution in [1.29, 1.82) is 0 Å². The lowest BCUT2D eigenvalue weighted by Gasteiger charge is -2.22. The zero-order chi connectivity index (χ0) is 20.8. The highest BCUT2D eigenvalue weighted by Gasteiger charge is 2.23. The molecular weight excluding hydrogens is 388 g/mol. The predicted octanol–water partition coefficient (Wildman–Crippen LogP) is 3.99. The number of rotatable bonds is 5. The summed E-state index contributed by atoms with van der Waals surface area (Å²) in [7, 11) is 0. The zero-order valence-electron chi connectivity index (χ0n) is 16.6. The number of benzene rings is 2. The van der Waals surface area contributed by atoms with Crippen molar-refractivity contribution in [2.24, 2.45) is 0 Å². The molecule has 2 aromatic rings. The van der Waals surface area contributed by atoms with Crippen molar-refractivity contribution < 1.29 is 14.4 Å². The monoisotopic (exact) mass is 412 g/mol. The topological polar surface area (TPSA) is 57.7 Å². The fourth-order valence-electron chi connectivity index (χ4n) is 3.44. The number of carbonyl (C=O) groups excluding carboxylic acids is 3. The van der Waals surface area contributed by atoms with Crippen molar-refractivity contribution in [3.05, 3.63) is 70.2 Å². The molecule has 1 aliphatic heterocycles. The van der Waals surface area contributed by atoms with Crippen LogP contribution < -0.4 is 0 Å². The fraction of sp³-hybridized carbons (Fsp3) is 0.348. The molecule has 1 heterocycles. The second-order valence-corrected chi connectivity index (χ2v) is 7.76. The van der Waals surface area contributed by atoms with Crippen LogP contribution in [-0.4, -0.2) is 53.6 Å². The molecule has 2 amide bonds. The molecule has 0 N–H and O–H groups in total. The van der Waals surface area contributed by atoms with Gasteiger partial charge >= 0.3 is 0 Å². The van der Waals surface area contributed by atoms with Gasteiger partial charge in [0.25, 0.3) is 5.91 Å². The Hall–Kier alpha value is -2.66. The van der Waals surface area contributed by atoms with E-state index in [4.69, 9.17) is 11.6 Å². The first-order valence-electron chi connectivity index (χ1n) is 9.86. The van der Waals surface area contributed by atoms with E-state index in [-0.39, 0.29) is 30.4 Å². The van der Waals surface area contributed by atoms with Gasteiger partial charge in [0, 0.05) is 55.2 Å². The normalized spacial score (nSPS) is 14.4. The van der Waals surface area contributed by atoms with Crippen LogP contribution in [0.2, 0.25) is 5.02 Å². The van der Waals surface area contributed by atoms with Crippen LogP contribution in [0.25, 0.3) is 0 Å². The smallest absolute Gasteiger partial charge is 0.253 e. The SMILES string of the molecule is Cc1ccc(C(=O)CCC(=O)N2CCCN(C(=O)c3cccc(Cl)c3)CC2)cc1. The van der Waals surface area contributed by atoms with Crippen LogP contribution in [0.1, 0.15) is 45.5 Å². The summed E-state index contributed by atoms with van der Waals surface area (Å²) in [5.74, 6) is -0.134. The third kappa shape index (κ3) is 5.67. The highest BCUT2D eigenvalue weighted by Crippen LogP contribution is 2.15. The molecule has 1 fully saturated rings. The largest absolute Gasteiger partial charge is 0.341 e. The summed E-state index contributed by atoms with van der Waals surface area (Å²) < 4.78 is 0. The fourth-order valence-corrected chi connectivity index (χ4v) is 3.63. The minimum Gasteiger partial charge on any atom is -0.341 e. The lowest BCUT2D eigenvalue weighted by Crippen LogP contribution is -2.37. The molecule has 0 atom stereocenters. The third-order valence-electron chi connectivity index (χ3n) is 5.15. The third-order valence-corrected chi connectivity index (χ3v) is 5.38. The number of aryl methyl sites for hydroxylation is 1. The number of halogens is 1. The van der Waals surface area contributed by atoms with Crippen molar-refractivity contribution in [2.45, 2.75) is 26.2 Å². The van der Waals surface area contributed by atoms with Crippen LogP contribution in [0, 0.1) is 6.92 Å². The summed E-state index contributed by atoms with van der Waals surface area (Å²) in [4.78, 5) is 41.1. The Bertz CT molecular complexity index is 895. The van der Waals surface area contributed by atoms with Gasteiger partial charge in [-0.2, -0.15) is 0 Å². The van der Waals surface area contributed by atoms with Gasteiger partial charge < -0.3 is 9.80 Å². The molecule has 152 valence electrons. The van der Waals surface area contributed by atoms with Gasteiger partial charge in [-0.3, -0.25) is 14.4 Å². The number of ketones is 1. The Morgan fingerprint density at radius 2 is 1.55 bits per heavy atom. The second-order valence-electron chi connectivity index (χ2n) is 7.33. The molecule has 29 heavy (non-hydrogen) atoms. The second kappa shape index (κ2) is 9.70. The van der Waals surface area contributed by atoms with Gasteiger partial charge in [0.05, 0.1) is 0 Å². The molecule has 3 rings (SSSR count). The number of amides is 2. The van der Waals surface area contributed by atoms with Crippen molar-refractivity contribution in [1.82, 2.24) is 9.80 Å². The zero-order valence-corrected chi connectivity index (χ0v) is 17.3. The molecule has 0 bridgehead atoms. The summed E-state index contributed by atoms with van der Waals surface area (Å²) in [6, 6.07) is 14.3. The molecule has 0 unspecified atom stereocenters. The number of Topliss-reactive ketones (excluding diaryl/α,β-unsaturated/α-hetero) is 1. The predicted molar refractivity (Wildman–Crippen MR) is 113 cm³/mol. The Morgan fingerprint density at radius 1 is 0.862 bits per heavy atom. The lowest BCUT2D eigenvalue weighted by molar-refractivity contribution is -0.131. The highest BCUT2D eigenvalue weighted by molar-refractivity contribution is 6.30. The molecule has 0 aromatic heterocycles. The van der Waals surface area contributed by atoms with Crippen LogP contribution in [0.4, 0.5) is 0 Å². The first-order valence-corrected chi connectivity index (χ1v) is 10.2. The van der Waals surface area contributed by atoms with E-state index >= 15 is 0 Å². The van der Waals surface area contributed by atoms with Crippen molar-refractivity contribution in [3.8, 4) is 0 Å². The molecule has 6 heteroatoms. The molecule has 0 radical (unpaired) electrons. The Morgan fingerprint density at radius 3 is 2.28 bits per heavy atom. The molecule has 0 saturated carbocycles. The van der Waals surface area contributed by atoms with Crippen LogP contribution >= 0.6 is 11.6 Å². The molecule has 0 aliphatic carbocycles. The quantitative estimate of drug-likeness (QED) is 0.698. The Balaban J connectivity index is 1.52. The molecule has 1 aliphatic rings. The van der Waals surface area contributed by atoms with E-state index in [1.807, 2.05) is 19.1 Å². The summed E-state index contributed by atoms with van der Waals surface area (Å²) >= 11 is 5.99. The van der Waals surface area contributed by atoms with Crippen LogP contribution in [-0.2, 0) is 4.79 Å². The summed E-state index contributed by atoms with van der Waals surface area (Å²) in [6.45, 7) is 4.11. The summed E-state index contributed by atoms with van der Waals surface area (Å²) in [5, 5.41) is 0.528. The molecular formula is C23H25ClN2O3. The van der Waals surface area contributed by atoms with Crippen LogP contribution in [0.5, 0.6) is 0 Å². The number of nitrogens with zero attached hydrogens (tertiary/aromatic N) is 2. The van der Waals surface area contributed by atoms with Gasteiger partial charge in [0.1, 0.15) is 0 Å². The summed E-state index contributed by atoms with van der Waals surface area (Å²) in [5.41, 5.74) is 2.29. The molecule has 1 saturated heterocycles. The average Bonchev–Trinajstić information content (AvgIpc) is 2.98. The van der Waals surface area contributed by atoms with Gasteiger partial charge in [-0.05, 0) is 31.5 Å². The van der Waals surface area contributed by atoms with E-state index in [0.29, 0.717) is 48.7 Å². The van der Waals surface area contributed by atoms with Crippen LogP contribution in [0.3, 0.4) is 0 Å². The van der Waals surface area contributed by atoms with Crippen molar-refractivity contribution >= 4 is 29.2 Å². The first-order chi connectivity index (χ1) is 13.9. The van der Waals surface area contributed by atoms with Gasteiger partial charge in [-0.25, -0.2) is 0 Å². The number of hydrogen-bond acceptors (Lipinski definition) is 3. The molecule has 5 nitrogen and oxygen atoms in total. The maximum atomic E-state index is 12.7. The minimum absolute atomic E-state index is 0.0223. The minimum atomic E-state index is -0.0728. The number of carbonyl (C=O) groups is 3. The molecule has 2 aromatic carbocycles. The van der Waals surface area contributed by atoms with Gasteiger partial charge in [0.2, 0.25) is 5.91 Å². The highest BCUT2D eigenvalue weighted by atomic mass is 35.5. The van der Waals surface area contributed by atoms with E-state index in [1.54, 1.807) is 46.2 Å². The van der Waals surface area contributed by atoms with E-state index in [1.165, 1.54) is 0 Å². The summed E-state index contributed by atoms with van der Waals surface area (Å²) in [6.07, 6.45) is 1.10. The first kappa shape index (κ1) is 21.1. The van der Waals surface area contributed by atoms with E-state index in [9.17, 15) is 14.4 Å². The maximum absolute atomic E-state index is 12.7. The lowest BCUT2D eigenvalue weighted by atomic mass is 10.0. The van der Waals surface area contributed by atoms with Crippen molar-refractivity contribution in [2.75, 3.05) is 26.2 Å². The van der Waals surface area contributed by atoms with E-state index in [0.717, 1.165) is 5.56 Å². The van der Waals surface area contributed by atoms with Gasteiger partial charge in [-0.1, -0.05) is 47.5 Å². The van der Waals surface area contributed by atoms with Crippen LogP contribution in [0.15, 0.2) is 48.5 Å². The Kier molecular flexibility index (Phi) is 7.04. The van der Waals surface area contributed by atoms with E-state index in [2.05, 4.69) is 0 Å². The molecule has 0 spiro atoms. The average molecular weight is 413 g/mol. The maximum Gasteiger partial charge on any atom is 0.253 e. The standard InChI is InChI=1S/C23H25ClN2O3/c1-17-6-8-18(9-7-17)21(27)10-11-22(28)25-12-3-13-26(15-14-25)23(29)19-4-2-5-20(24)16-19/h2,4-9,16H,3,10-15H2,1H3. The van der Waals surface area contributed by atoms with Gasteiger partial charge in [0.15, 0.2) is 5.78 Å². The van der Waals surface area contributed by atoms with E-state index < -0.39 is 0 Å². The van der Waals surface area contributed by atoms with Crippen molar-refractivity contribution in [3.63, 3.8) is 0 Å². The van der Waals surface area contributed by atoms with Gasteiger partial charge in [-0.15, -0.1) is 0 Å².